The Balaban J connectivity index is 0.00000171. The van der Waals surface area contributed by atoms with Crippen molar-refractivity contribution in [3.05, 3.63) is 122 Å². The summed E-state index contributed by atoms with van der Waals surface area (Å²) in [6.45, 7) is 4.38. The molecule has 2 radical (unpaired) electrons. The van der Waals surface area contributed by atoms with Crippen molar-refractivity contribution in [2.45, 2.75) is 13.8 Å². The van der Waals surface area contributed by atoms with Crippen molar-refractivity contribution in [2.24, 2.45) is 0 Å². The molecule has 0 bridgehead atoms. The van der Waals surface area contributed by atoms with E-state index in [2.05, 4.69) is 111 Å². The third-order valence-corrected chi connectivity index (χ3v) is 10.7. The van der Waals surface area contributed by atoms with E-state index < -0.39 is 0 Å². The molecular weight excluding hydrogens is 760 g/mol. The molecule has 0 saturated heterocycles. The topological polar surface area (TPSA) is 9.23 Å². The maximum atomic E-state index is 6.06. The Morgan fingerprint density at radius 1 is 0.484 bits per heavy atom. The fraction of sp³-hybridized carbons (Fsp3) is 0.0769. The first-order valence-corrected chi connectivity index (χ1v) is 13.8. The van der Waals surface area contributed by atoms with Crippen molar-refractivity contribution in [1.82, 2.24) is 0 Å². The first-order valence-electron chi connectivity index (χ1n) is 9.46. The predicted molar refractivity (Wildman–Crippen MR) is 110 cm³/mol. The summed E-state index contributed by atoms with van der Waals surface area (Å²) in [6.07, 6.45) is 0. The zero-order valence-corrected chi connectivity index (χ0v) is 27.5. The van der Waals surface area contributed by atoms with E-state index in [1.807, 2.05) is 0 Å². The van der Waals surface area contributed by atoms with E-state index in [1.54, 1.807) is 0 Å². The van der Waals surface area contributed by atoms with Gasteiger partial charge in [0.2, 0.25) is 0 Å². The second-order valence-electron chi connectivity index (χ2n) is 6.70. The number of benzene rings is 4. The van der Waals surface area contributed by atoms with Gasteiger partial charge >= 0.3 is 42.4 Å². The van der Waals surface area contributed by atoms with Gasteiger partial charge in [-0.2, -0.15) is 0 Å². The molecule has 0 fully saturated rings. The molecule has 0 unspecified atom stereocenters. The molecule has 0 aliphatic carbocycles. The summed E-state index contributed by atoms with van der Waals surface area (Å²) in [5.74, 6) is 1.78. The van der Waals surface area contributed by atoms with E-state index in [-0.39, 0.29) is 108 Å². The van der Waals surface area contributed by atoms with Gasteiger partial charge in [-0.3, -0.25) is 0 Å². The first kappa shape index (κ1) is 27.6. The van der Waals surface area contributed by atoms with Gasteiger partial charge in [-0.1, -0.05) is 36.4 Å². The minimum Gasteiger partial charge on any atom is -0.457 e. The summed E-state index contributed by atoms with van der Waals surface area (Å²) in [5.41, 5.74) is 2.77. The molecule has 5 heteroatoms. The van der Waals surface area contributed by atoms with Gasteiger partial charge in [0.05, 0.1) is 0 Å². The molecule has 0 amide bonds. The number of hydrogen-bond acceptors (Lipinski definition) is 1. The number of hydrogen-bond donors (Lipinski definition) is 0. The molecule has 0 aromatic heterocycles. The maximum absolute atomic E-state index is 6.06. The fourth-order valence-corrected chi connectivity index (χ4v) is 7.58. The molecule has 4 aromatic rings. The average Bonchev–Trinajstić information content (AvgIpc) is 2.74. The summed E-state index contributed by atoms with van der Waals surface area (Å²) in [5, 5.41) is 0. The van der Waals surface area contributed by atoms with Crippen LogP contribution < -0.4 is 47.1 Å². The van der Waals surface area contributed by atoms with E-state index in [9.17, 15) is 0 Å². The van der Waals surface area contributed by atoms with Gasteiger partial charge in [0.1, 0.15) is 11.5 Å². The Labute approximate surface area is 256 Å². The molecular formula is C26H22I2OY2+2. The minimum absolute atomic E-state index is 0. The Bertz CT molecular complexity index is 1010. The summed E-state index contributed by atoms with van der Waals surface area (Å²) in [7, 11) is 0. The summed E-state index contributed by atoms with van der Waals surface area (Å²) in [4.78, 5) is 0. The Morgan fingerprint density at radius 2 is 0.839 bits per heavy atom. The number of ether oxygens (including phenoxy) is 1. The molecule has 31 heavy (non-hydrogen) atoms. The van der Waals surface area contributed by atoms with Crippen molar-refractivity contribution in [2.75, 3.05) is 0 Å². The number of aryl methyl sites for hydroxylation is 2. The van der Waals surface area contributed by atoms with Gasteiger partial charge in [0.25, 0.3) is 0 Å². The Kier molecular flexibility index (Phi) is 12.4. The van der Waals surface area contributed by atoms with Crippen LogP contribution in [0.25, 0.3) is 0 Å². The van der Waals surface area contributed by atoms with Gasteiger partial charge in [0.15, 0.2) is 14.3 Å². The van der Waals surface area contributed by atoms with Crippen LogP contribution in [0, 0.1) is 28.1 Å². The van der Waals surface area contributed by atoms with E-state index in [0.29, 0.717) is 0 Å². The molecule has 0 atom stereocenters. The smallest absolute Gasteiger partial charge is 0.358 e. The molecule has 0 spiro atoms. The van der Waals surface area contributed by atoms with Crippen molar-refractivity contribution < 1.29 is 113 Å². The summed E-state index contributed by atoms with van der Waals surface area (Å²) in [6, 6.07) is 34.5. The molecule has 0 aliphatic heterocycles. The number of rotatable bonds is 6. The van der Waals surface area contributed by atoms with Crippen LogP contribution in [0.4, 0.5) is 0 Å². The normalized spacial score (nSPS) is 10.0. The monoisotopic (exact) mass is 782 g/mol. The summed E-state index contributed by atoms with van der Waals surface area (Å²) >= 11 is -0.301. The van der Waals surface area contributed by atoms with Gasteiger partial charge in [-0.15, -0.1) is 0 Å². The zero-order chi connectivity index (χ0) is 20.1. The largest absolute Gasteiger partial charge is 0.457 e. The molecule has 0 heterocycles. The van der Waals surface area contributed by atoms with Crippen LogP contribution in [-0.2, 0) is 65.4 Å². The van der Waals surface area contributed by atoms with E-state index >= 15 is 0 Å². The van der Waals surface area contributed by atoms with Crippen LogP contribution in [0.3, 0.4) is 0 Å². The van der Waals surface area contributed by atoms with E-state index in [0.717, 1.165) is 11.5 Å². The van der Waals surface area contributed by atoms with Crippen LogP contribution in [-0.4, -0.2) is 0 Å². The SMILES string of the molecule is Cc1ccccc1[I+]c1ccc(Oc2ccc([I+]c3ccccc3C)cc2)cc1.[Y].[Y]. The van der Waals surface area contributed by atoms with Crippen molar-refractivity contribution >= 4 is 0 Å². The third-order valence-electron chi connectivity index (χ3n) is 4.44. The molecule has 4 aromatic carbocycles. The minimum atomic E-state index is -0.150. The van der Waals surface area contributed by atoms with E-state index in [1.165, 1.54) is 25.4 Å². The quantitative estimate of drug-likeness (QED) is 0.257. The van der Waals surface area contributed by atoms with Crippen molar-refractivity contribution in [3.63, 3.8) is 0 Å². The van der Waals surface area contributed by atoms with Gasteiger partial charge in [-0.25, -0.2) is 0 Å². The molecule has 0 N–H and O–H groups in total. The van der Waals surface area contributed by atoms with E-state index in [4.69, 9.17) is 4.74 Å². The van der Waals surface area contributed by atoms with Crippen LogP contribution in [0.2, 0.25) is 0 Å². The molecule has 0 aliphatic rings. The third kappa shape index (κ3) is 8.26. The second kappa shape index (κ2) is 13.9. The molecule has 150 valence electrons. The van der Waals surface area contributed by atoms with Gasteiger partial charge < -0.3 is 4.74 Å². The average molecular weight is 782 g/mol. The second-order valence-corrected chi connectivity index (χ2v) is 12.6. The molecule has 1 nitrogen and oxygen atoms in total. The van der Waals surface area contributed by atoms with Gasteiger partial charge in [0, 0.05) is 76.5 Å². The Morgan fingerprint density at radius 3 is 1.19 bits per heavy atom. The van der Waals surface area contributed by atoms with Crippen LogP contribution >= 0.6 is 0 Å². The number of halogens is 2. The standard InChI is InChI=1S/C26H22I2O.2Y/c1-19-7-3-5-9-25(19)27-21-11-15-23(16-12-21)29-24-17-13-22(14-18-24)28-26-10-6-4-8-20(26)2;;/h3-18H,1-2H3;;/q+2;;. The van der Waals surface area contributed by atoms with Gasteiger partial charge in [-0.05, 0) is 74.5 Å². The predicted octanol–water partition coefficient (Wildman–Crippen LogP) is 0.348. The maximum Gasteiger partial charge on any atom is 0.358 e. The fourth-order valence-electron chi connectivity index (χ4n) is 2.82. The van der Waals surface area contributed by atoms with Crippen LogP contribution in [0.15, 0.2) is 97.1 Å². The molecule has 0 saturated carbocycles. The molecule has 4 rings (SSSR count). The Hall–Kier alpha value is 0.348. The first-order chi connectivity index (χ1) is 14.2. The van der Waals surface area contributed by atoms with Crippen molar-refractivity contribution in [1.29, 1.82) is 0 Å². The summed E-state index contributed by atoms with van der Waals surface area (Å²) < 4.78 is 11.8. The van der Waals surface area contributed by atoms with Crippen LogP contribution in [0.1, 0.15) is 11.1 Å². The van der Waals surface area contributed by atoms with Crippen molar-refractivity contribution in [3.8, 4) is 11.5 Å². The zero-order valence-electron chi connectivity index (χ0n) is 17.6. The van der Waals surface area contributed by atoms with Crippen LogP contribution in [0.5, 0.6) is 11.5 Å².